The van der Waals surface area contributed by atoms with E-state index in [0.29, 0.717) is 17.9 Å². The van der Waals surface area contributed by atoms with Gasteiger partial charge in [0.25, 0.3) is 5.91 Å². The minimum absolute atomic E-state index is 0. The predicted molar refractivity (Wildman–Crippen MR) is 108 cm³/mol. The number of aromatic nitrogens is 1. The minimum atomic E-state index is -0.111. The largest absolute Gasteiger partial charge is 0.384 e. The Morgan fingerprint density at radius 1 is 1.27 bits per heavy atom. The number of anilines is 1. The van der Waals surface area contributed by atoms with Gasteiger partial charge in [-0.25, -0.2) is 4.98 Å². The van der Waals surface area contributed by atoms with E-state index in [-0.39, 0.29) is 29.8 Å². The fourth-order valence-electron chi connectivity index (χ4n) is 3.55. The summed E-state index contributed by atoms with van der Waals surface area (Å²) in [6.45, 7) is 0.579. The zero-order chi connectivity index (χ0) is 17.9. The maximum absolute atomic E-state index is 12.3. The number of nitrogens with zero attached hydrogens (tertiary/aromatic N) is 1. The summed E-state index contributed by atoms with van der Waals surface area (Å²) in [5.41, 5.74) is 13.3. The molecule has 5 nitrogen and oxygen atoms in total. The summed E-state index contributed by atoms with van der Waals surface area (Å²) in [6, 6.07) is 11.4. The second-order valence-corrected chi connectivity index (χ2v) is 7.15. The summed E-state index contributed by atoms with van der Waals surface area (Å²) in [5, 5.41) is 3.83. The van der Waals surface area contributed by atoms with Crippen molar-refractivity contribution in [2.24, 2.45) is 5.73 Å². The molecular weight excluding hydrogens is 371 g/mol. The van der Waals surface area contributed by atoms with Crippen LogP contribution in [0.3, 0.4) is 0 Å². The molecule has 1 heterocycles. The highest BCUT2D eigenvalue weighted by Gasteiger charge is 2.36. The Balaban J connectivity index is 0.00000243. The molecule has 1 aliphatic rings. The highest BCUT2D eigenvalue weighted by molar-refractivity contribution is 6.30. The summed E-state index contributed by atoms with van der Waals surface area (Å²) in [5.74, 6) is 0.295. The highest BCUT2D eigenvalue weighted by Crippen LogP contribution is 2.39. The third kappa shape index (κ3) is 4.47. The number of carbonyl (C=O) groups excluding carboxylic acids is 1. The molecule has 0 aliphatic heterocycles. The standard InChI is InChI=1S/C19H23ClN4O.ClH/c20-15-3-1-2-14(10-15)19(12-21)8-6-16(7-9-19)24-18(25)13-4-5-17(22)23-11-13;/h1-5,10-11,16H,6-9,12,21H2,(H2,22,23)(H,24,25);1H. The lowest BCUT2D eigenvalue weighted by Crippen LogP contribution is -2.45. The van der Waals surface area contributed by atoms with E-state index in [1.165, 1.54) is 11.8 Å². The molecule has 5 N–H and O–H groups in total. The molecule has 0 bridgehead atoms. The van der Waals surface area contributed by atoms with Gasteiger partial charge in [-0.15, -0.1) is 12.4 Å². The van der Waals surface area contributed by atoms with Crippen LogP contribution in [0.25, 0.3) is 0 Å². The number of carbonyl (C=O) groups is 1. The van der Waals surface area contributed by atoms with Crippen molar-refractivity contribution < 1.29 is 4.79 Å². The molecule has 0 spiro atoms. The van der Waals surface area contributed by atoms with Gasteiger partial charge in [-0.3, -0.25) is 4.79 Å². The molecule has 1 aromatic heterocycles. The van der Waals surface area contributed by atoms with Crippen LogP contribution in [0.4, 0.5) is 5.82 Å². The molecule has 1 saturated carbocycles. The average Bonchev–Trinajstić information content (AvgIpc) is 2.63. The van der Waals surface area contributed by atoms with Gasteiger partial charge in [0.1, 0.15) is 5.82 Å². The third-order valence-corrected chi connectivity index (χ3v) is 5.39. The molecule has 1 aliphatic carbocycles. The first-order chi connectivity index (χ1) is 12.0. The number of nitrogens with one attached hydrogen (secondary N) is 1. The van der Waals surface area contributed by atoms with Crippen molar-refractivity contribution in [1.82, 2.24) is 10.3 Å². The Hall–Kier alpha value is -1.82. The van der Waals surface area contributed by atoms with Gasteiger partial charge < -0.3 is 16.8 Å². The van der Waals surface area contributed by atoms with E-state index in [9.17, 15) is 4.79 Å². The van der Waals surface area contributed by atoms with E-state index in [2.05, 4.69) is 16.4 Å². The first-order valence-electron chi connectivity index (χ1n) is 8.51. The van der Waals surface area contributed by atoms with Crippen LogP contribution in [0.15, 0.2) is 42.6 Å². The van der Waals surface area contributed by atoms with Gasteiger partial charge in [0.15, 0.2) is 0 Å². The number of halogens is 2. The second-order valence-electron chi connectivity index (χ2n) is 6.71. The topological polar surface area (TPSA) is 94.0 Å². The molecule has 3 rings (SSSR count). The summed E-state index contributed by atoms with van der Waals surface area (Å²) in [4.78, 5) is 16.3. The lowest BCUT2D eigenvalue weighted by Gasteiger charge is -2.40. The van der Waals surface area contributed by atoms with Crippen molar-refractivity contribution in [2.75, 3.05) is 12.3 Å². The zero-order valence-electron chi connectivity index (χ0n) is 14.5. The molecule has 2 aromatic rings. The maximum atomic E-state index is 12.3. The van der Waals surface area contributed by atoms with E-state index in [1.54, 1.807) is 12.1 Å². The Morgan fingerprint density at radius 3 is 2.58 bits per heavy atom. The van der Waals surface area contributed by atoms with Gasteiger partial charge in [-0.2, -0.15) is 0 Å². The van der Waals surface area contributed by atoms with Gasteiger partial charge in [-0.1, -0.05) is 23.7 Å². The van der Waals surface area contributed by atoms with Crippen molar-refractivity contribution in [3.8, 4) is 0 Å². The molecule has 0 atom stereocenters. The first kappa shape index (κ1) is 20.5. The molecule has 26 heavy (non-hydrogen) atoms. The van der Waals surface area contributed by atoms with Crippen LogP contribution in [0.2, 0.25) is 5.02 Å². The summed E-state index contributed by atoms with van der Waals surface area (Å²) in [7, 11) is 0. The monoisotopic (exact) mass is 394 g/mol. The molecule has 1 amide bonds. The van der Waals surface area contributed by atoms with Gasteiger partial charge in [-0.05, 0) is 55.5 Å². The normalized spacial score (nSPS) is 22.3. The molecular formula is C19H24Cl2N4O. The van der Waals surface area contributed by atoms with Gasteiger partial charge in [0.05, 0.1) is 5.56 Å². The van der Waals surface area contributed by atoms with Crippen molar-refractivity contribution >= 4 is 35.7 Å². The summed E-state index contributed by atoms with van der Waals surface area (Å²) < 4.78 is 0. The third-order valence-electron chi connectivity index (χ3n) is 5.15. The fourth-order valence-corrected chi connectivity index (χ4v) is 3.74. The second kappa shape index (κ2) is 8.71. The van der Waals surface area contributed by atoms with Crippen molar-refractivity contribution in [3.63, 3.8) is 0 Å². The average molecular weight is 395 g/mol. The van der Waals surface area contributed by atoms with Gasteiger partial charge in [0, 0.05) is 29.2 Å². The van der Waals surface area contributed by atoms with E-state index in [0.717, 1.165) is 30.7 Å². The number of rotatable bonds is 4. The van der Waals surface area contributed by atoms with E-state index < -0.39 is 0 Å². The molecule has 0 saturated heterocycles. The zero-order valence-corrected chi connectivity index (χ0v) is 16.0. The number of benzene rings is 1. The minimum Gasteiger partial charge on any atom is -0.384 e. The van der Waals surface area contributed by atoms with Crippen molar-refractivity contribution in [3.05, 3.63) is 58.7 Å². The number of nitrogens with two attached hydrogens (primary N) is 2. The fraction of sp³-hybridized carbons (Fsp3) is 0.368. The molecule has 1 aromatic carbocycles. The summed E-state index contributed by atoms with van der Waals surface area (Å²) in [6.07, 6.45) is 5.13. The predicted octanol–water partition coefficient (Wildman–Crippen LogP) is 3.31. The van der Waals surface area contributed by atoms with Crippen LogP contribution >= 0.6 is 24.0 Å². The number of hydrogen-bond acceptors (Lipinski definition) is 4. The first-order valence-corrected chi connectivity index (χ1v) is 8.89. The van der Waals surface area contributed by atoms with E-state index in [1.807, 2.05) is 18.2 Å². The number of hydrogen-bond donors (Lipinski definition) is 3. The molecule has 0 unspecified atom stereocenters. The van der Waals surface area contributed by atoms with Crippen LogP contribution < -0.4 is 16.8 Å². The number of amides is 1. The Labute approximate surface area is 164 Å². The van der Waals surface area contributed by atoms with E-state index in [4.69, 9.17) is 23.1 Å². The highest BCUT2D eigenvalue weighted by atomic mass is 35.5. The van der Waals surface area contributed by atoms with Gasteiger partial charge >= 0.3 is 0 Å². The smallest absolute Gasteiger partial charge is 0.253 e. The quantitative estimate of drug-likeness (QED) is 0.740. The maximum Gasteiger partial charge on any atom is 0.253 e. The molecule has 140 valence electrons. The Bertz CT molecular complexity index is 743. The SMILES string of the molecule is Cl.NCC1(c2cccc(Cl)c2)CCC(NC(=O)c2ccc(N)nc2)CC1. The Kier molecular flexibility index (Phi) is 6.87. The van der Waals surface area contributed by atoms with Crippen molar-refractivity contribution in [2.45, 2.75) is 37.1 Å². The molecule has 1 fully saturated rings. The van der Waals surface area contributed by atoms with Crippen LogP contribution in [0.1, 0.15) is 41.6 Å². The molecule has 7 heteroatoms. The number of pyridine rings is 1. The van der Waals surface area contributed by atoms with Gasteiger partial charge in [0.2, 0.25) is 0 Å². The van der Waals surface area contributed by atoms with E-state index >= 15 is 0 Å². The van der Waals surface area contributed by atoms with Crippen LogP contribution in [0, 0.1) is 0 Å². The van der Waals surface area contributed by atoms with Crippen LogP contribution in [0.5, 0.6) is 0 Å². The van der Waals surface area contributed by atoms with Crippen LogP contribution in [-0.2, 0) is 5.41 Å². The number of nitrogen functional groups attached to an aromatic ring is 1. The lowest BCUT2D eigenvalue weighted by atomic mass is 9.68. The molecule has 0 radical (unpaired) electrons. The lowest BCUT2D eigenvalue weighted by molar-refractivity contribution is 0.0917. The van der Waals surface area contributed by atoms with Crippen molar-refractivity contribution in [1.29, 1.82) is 0 Å². The summed E-state index contributed by atoms with van der Waals surface area (Å²) >= 11 is 6.15. The van der Waals surface area contributed by atoms with Crippen LogP contribution in [-0.4, -0.2) is 23.5 Å². The Morgan fingerprint density at radius 2 is 2.00 bits per heavy atom.